The van der Waals surface area contributed by atoms with Crippen LogP contribution in [0.15, 0.2) is 83.7 Å². The summed E-state index contributed by atoms with van der Waals surface area (Å²) in [7, 11) is 0. The highest BCUT2D eigenvalue weighted by Crippen LogP contribution is 2.36. The molecule has 32 heavy (non-hydrogen) atoms. The summed E-state index contributed by atoms with van der Waals surface area (Å²) in [6.07, 6.45) is 1.44. The Hall–Kier alpha value is -2.01. The van der Waals surface area contributed by atoms with Gasteiger partial charge in [-0.1, -0.05) is 40.2 Å². The van der Waals surface area contributed by atoms with Gasteiger partial charge in [0.1, 0.15) is 11.5 Å². The maximum Gasteiger partial charge on any atom is 0.344 e. The molecule has 0 aliphatic rings. The number of nitrogens with one attached hydrogen (secondary N) is 1. The summed E-state index contributed by atoms with van der Waals surface area (Å²) < 4.78 is 13.9. The van der Waals surface area contributed by atoms with Crippen LogP contribution < -0.4 is 14.9 Å². The van der Waals surface area contributed by atoms with Gasteiger partial charge in [0, 0.05) is 8.95 Å². The average molecular weight is 690 g/mol. The van der Waals surface area contributed by atoms with Crippen LogP contribution in [0, 0.1) is 0 Å². The van der Waals surface area contributed by atoms with Crippen LogP contribution >= 0.6 is 63.7 Å². The van der Waals surface area contributed by atoms with Crippen molar-refractivity contribution in [3.63, 3.8) is 0 Å². The van der Waals surface area contributed by atoms with Gasteiger partial charge in [0.2, 0.25) is 0 Å². The Morgan fingerprint density at radius 3 is 2.34 bits per heavy atom. The van der Waals surface area contributed by atoms with E-state index < -0.39 is 11.9 Å². The second kappa shape index (κ2) is 11.7. The Bertz CT molecular complexity index is 1160. The SMILES string of the molecule is O=C(COc1c(Br)cc(Br)cc1Br)NN=Cc1cccc(OC(=O)c2ccccc2Br)c1. The minimum absolute atomic E-state index is 0.222. The van der Waals surface area contributed by atoms with E-state index in [1.807, 2.05) is 18.2 Å². The van der Waals surface area contributed by atoms with Crippen LogP contribution in [-0.2, 0) is 4.79 Å². The maximum atomic E-state index is 12.3. The number of esters is 1. The number of rotatable bonds is 7. The third-order valence-electron chi connectivity index (χ3n) is 3.88. The summed E-state index contributed by atoms with van der Waals surface area (Å²) in [5.74, 6) is -0.0528. The van der Waals surface area contributed by atoms with Crippen LogP contribution in [-0.4, -0.2) is 24.7 Å². The van der Waals surface area contributed by atoms with Crippen molar-refractivity contribution in [2.75, 3.05) is 6.61 Å². The molecular formula is C22H14Br4N2O4. The summed E-state index contributed by atoms with van der Waals surface area (Å²) in [5.41, 5.74) is 3.46. The molecule has 0 fully saturated rings. The van der Waals surface area contributed by atoms with Crippen LogP contribution in [0.4, 0.5) is 0 Å². The molecule has 0 heterocycles. The lowest BCUT2D eigenvalue weighted by Gasteiger charge is -2.10. The molecule has 3 rings (SSSR count). The molecule has 3 aromatic carbocycles. The van der Waals surface area contributed by atoms with E-state index in [0.29, 0.717) is 36.0 Å². The predicted octanol–water partition coefficient (Wildman–Crippen LogP) is 6.48. The number of carbonyl (C=O) groups excluding carboxylic acids is 2. The first kappa shape index (κ1) is 24.6. The van der Waals surface area contributed by atoms with Crippen molar-refractivity contribution in [2.24, 2.45) is 5.10 Å². The third kappa shape index (κ3) is 6.99. The van der Waals surface area contributed by atoms with E-state index in [-0.39, 0.29) is 6.61 Å². The molecule has 1 amide bonds. The van der Waals surface area contributed by atoms with E-state index in [4.69, 9.17) is 9.47 Å². The highest BCUT2D eigenvalue weighted by molar-refractivity contribution is 9.11. The van der Waals surface area contributed by atoms with Crippen molar-refractivity contribution in [2.45, 2.75) is 0 Å². The molecule has 0 bridgehead atoms. The van der Waals surface area contributed by atoms with Crippen molar-refractivity contribution >= 4 is 81.8 Å². The van der Waals surface area contributed by atoms with Gasteiger partial charge in [-0.15, -0.1) is 0 Å². The number of hydrogen-bond donors (Lipinski definition) is 1. The standard InChI is InChI=1S/C22H14Br4N2O4/c23-14-9-18(25)21(19(26)10-14)31-12-20(29)28-27-11-13-4-3-5-15(8-13)32-22(30)16-6-1-2-7-17(16)24/h1-11H,12H2,(H,28,29). The van der Waals surface area contributed by atoms with E-state index in [1.165, 1.54) is 6.21 Å². The molecule has 0 unspecified atom stereocenters. The Kier molecular flexibility index (Phi) is 9.03. The van der Waals surface area contributed by atoms with E-state index in [1.54, 1.807) is 42.5 Å². The number of ether oxygens (including phenoxy) is 2. The Morgan fingerprint density at radius 1 is 0.906 bits per heavy atom. The molecule has 0 radical (unpaired) electrons. The lowest BCUT2D eigenvalue weighted by Crippen LogP contribution is -2.24. The number of nitrogens with zero attached hydrogens (tertiary/aromatic N) is 1. The molecule has 0 atom stereocenters. The van der Waals surface area contributed by atoms with Crippen molar-refractivity contribution in [3.05, 3.63) is 89.7 Å². The van der Waals surface area contributed by atoms with Crippen LogP contribution in [0.3, 0.4) is 0 Å². The maximum absolute atomic E-state index is 12.3. The van der Waals surface area contributed by atoms with E-state index >= 15 is 0 Å². The Labute approximate surface area is 217 Å². The van der Waals surface area contributed by atoms with Crippen molar-refractivity contribution in [1.29, 1.82) is 0 Å². The fourth-order valence-electron chi connectivity index (χ4n) is 2.46. The molecule has 0 aliphatic heterocycles. The monoisotopic (exact) mass is 686 g/mol. The summed E-state index contributed by atoms with van der Waals surface area (Å²) in [6, 6.07) is 17.4. The fourth-order valence-corrected chi connectivity index (χ4v) is 5.40. The smallest absolute Gasteiger partial charge is 0.344 e. The quantitative estimate of drug-likeness (QED) is 0.133. The minimum atomic E-state index is -0.484. The first-order chi connectivity index (χ1) is 15.3. The zero-order valence-electron chi connectivity index (χ0n) is 16.2. The number of hydrazone groups is 1. The van der Waals surface area contributed by atoms with E-state index in [0.717, 1.165) is 4.47 Å². The number of amides is 1. The second-order valence-electron chi connectivity index (χ2n) is 6.22. The van der Waals surface area contributed by atoms with Crippen molar-refractivity contribution < 1.29 is 19.1 Å². The van der Waals surface area contributed by atoms with Gasteiger partial charge in [0.25, 0.3) is 5.91 Å². The third-order valence-corrected chi connectivity index (χ3v) is 6.20. The fraction of sp³-hybridized carbons (Fsp3) is 0.0455. The number of carbonyl (C=O) groups is 2. The largest absolute Gasteiger partial charge is 0.481 e. The molecular weight excluding hydrogens is 676 g/mol. The molecule has 0 saturated carbocycles. The van der Waals surface area contributed by atoms with Gasteiger partial charge < -0.3 is 9.47 Å². The molecule has 1 N–H and O–H groups in total. The van der Waals surface area contributed by atoms with Gasteiger partial charge in [-0.25, -0.2) is 10.2 Å². The van der Waals surface area contributed by atoms with Crippen LogP contribution in [0.5, 0.6) is 11.5 Å². The lowest BCUT2D eigenvalue weighted by molar-refractivity contribution is -0.123. The summed E-state index contributed by atoms with van der Waals surface area (Å²) >= 11 is 13.5. The zero-order valence-corrected chi connectivity index (χ0v) is 22.5. The molecule has 0 aliphatic carbocycles. The van der Waals surface area contributed by atoms with Gasteiger partial charge >= 0.3 is 5.97 Å². The average Bonchev–Trinajstić information content (AvgIpc) is 2.73. The molecule has 6 nitrogen and oxygen atoms in total. The first-order valence-corrected chi connectivity index (χ1v) is 12.2. The summed E-state index contributed by atoms with van der Waals surface area (Å²) in [5, 5.41) is 3.92. The topological polar surface area (TPSA) is 77.0 Å². The number of benzene rings is 3. The molecule has 0 aromatic heterocycles. The second-order valence-corrected chi connectivity index (χ2v) is 9.70. The molecule has 0 saturated heterocycles. The van der Waals surface area contributed by atoms with Crippen LogP contribution in [0.25, 0.3) is 0 Å². The summed E-state index contributed by atoms with van der Waals surface area (Å²) in [6.45, 7) is -0.222. The van der Waals surface area contributed by atoms with Crippen molar-refractivity contribution in [1.82, 2.24) is 5.43 Å². The molecule has 0 spiro atoms. The zero-order chi connectivity index (χ0) is 23.1. The molecule has 10 heteroatoms. The normalized spacial score (nSPS) is 10.8. The molecule has 3 aromatic rings. The van der Waals surface area contributed by atoms with Crippen LogP contribution in [0.2, 0.25) is 0 Å². The first-order valence-electron chi connectivity index (χ1n) is 8.99. The minimum Gasteiger partial charge on any atom is -0.481 e. The van der Waals surface area contributed by atoms with Gasteiger partial charge in [-0.05, 0) is 89.8 Å². The lowest BCUT2D eigenvalue weighted by atomic mass is 10.2. The highest BCUT2D eigenvalue weighted by atomic mass is 79.9. The number of hydrogen-bond acceptors (Lipinski definition) is 5. The van der Waals surface area contributed by atoms with Crippen LogP contribution in [0.1, 0.15) is 15.9 Å². The van der Waals surface area contributed by atoms with E-state index in [9.17, 15) is 9.59 Å². The summed E-state index contributed by atoms with van der Waals surface area (Å²) in [4.78, 5) is 24.4. The number of halogens is 4. The highest BCUT2D eigenvalue weighted by Gasteiger charge is 2.12. The van der Waals surface area contributed by atoms with E-state index in [2.05, 4.69) is 74.2 Å². The van der Waals surface area contributed by atoms with Gasteiger partial charge in [-0.3, -0.25) is 4.79 Å². The molecule has 164 valence electrons. The van der Waals surface area contributed by atoms with Gasteiger partial charge in [-0.2, -0.15) is 5.10 Å². The van der Waals surface area contributed by atoms with Crippen molar-refractivity contribution in [3.8, 4) is 11.5 Å². The Balaban J connectivity index is 1.55. The van der Waals surface area contributed by atoms with Gasteiger partial charge in [0.15, 0.2) is 6.61 Å². The van der Waals surface area contributed by atoms with Gasteiger partial charge in [0.05, 0.1) is 20.7 Å². The Morgan fingerprint density at radius 2 is 1.62 bits per heavy atom. The predicted molar refractivity (Wildman–Crippen MR) is 136 cm³/mol.